The van der Waals surface area contributed by atoms with Crippen molar-refractivity contribution in [2.24, 2.45) is 0 Å². The number of thiophene rings is 2. The van der Waals surface area contributed by atoms with Gasteiger partial charge < -0.3 is 5.32 Å². The molecule has 0 spiro atoms. The van der Waals surface area contributed by atoms with Crippen molar-refractivity contribution in [3.05, 3.63) is 42.2 Å². The Labute approximate surface area is 119 Å². The lowest BCUT2D eigenvalue weighted by Crippen LogP contribution is -2.20. The lowest BCUT2D eigenvalue weighted by atomic mass is 10.1. The SMILES string of the molecule is CCNC(c1cc(Br)c(C)s1)c1sccc1C. The van der Waals surface area contributed by atoms with Crippen LogP contribution in [0.3, 0.4) is 0 Å². The van der Waals surface area contributed by atoms with Gasteiger partial charge in [0.05, 0.1) is 6.04 Å². The van der Waals surface area contributed by atoms with Gasteiger partial charge in [-0.05, 0) is 59.4 Å². The van der Waals surface area contributed by atoms with Crippen molar-refractivity contribution in [2.75, 3.05) is 6.54 Å². The summed E-state index contributed by atoms with van der Waals surface area (Å²) in [4.78, 5) is 4.17. The van der Waals surface area contributed by atoms with E-state index in [0.29, 0.717) is 6.04 Å². The quantitative estimate of drug-likeness (QED) is 0.842. The Morgan fingerprint density at radius 3 is 2.65 bits per heavy atom. The van der Waals surface area contributed by atoms with Gasteiger partial charge in [0.25, 0.3) is 0 Å². The molecule has 2 heterocycles. The van der Waals surface area contributed by atoms with Crippen molar-refractivity contribution < 1.29 is 0 Å². The van der Waals surface area contributed by atoms with Gasteiger partial charge >= 0.3 is 0 Å². The largest absolute Gasteiger partial charge is 0.305 e. The first kappa shape index (κ1) is 13.3. The minimum absolute atomic E-state index is 0.343. The summed E-state index contributed by atoms with van der Waals surface area (Å²) in [6.07, 6.45) is 0. The van der Waals surface area contributed by atoms with Crippen LogP contribution in [0.15, 0.2) is 22.0 Å². The second-order valence-electron chi connectivity index (χ2n) is 4.01. The lowest BCUT2D eigenvalue weighted by molar-refractivity contribution is 0.646. The Morgan fingerprint density at radius 1 is 1.41 bits per heavy atom. The molecule has 0 amide bonds. The molecule has 0 aliphatic heterocycles. The Hall–Kier alpha value is -0.160. The zero-order chi connectivity index (χ0) is 12.4. The number of hydrogen-bond acceptors (Lipinski definition) is 3. The fourth-order valence-electron chi connectivity index (χ4n) is 1.83. The van der Waals surface area contributed by atoms with Crippen LogP contribution in [-0.4, -0.2) is 6.54 Å². The van der Waals surface area contributed by atoms with E-state index in [1.54, 1.807) is 0 Å². The third-order valence-electron chi connectivity index (χ3n) is 2.73. The molecule has 0 aromatic carbocycles. The maximum atomic E-state index is 3.60. The minimum atomic E-state index is 0.343. The number of aryl methyl sites for hydroxylation is 2. The van der Waals surface area contributed by atoms with Crippen molar-refractivity contribution in [1.29, 1.82) is 0 Å². The number of rotatable bonds is 4. The molecule has 4 heteroatoms. The highest BCUT2D eigenvalue weighted by molar-refractivity contribution is 9.10. The summed E-state index contributed by atoms with van der Waals surface area (Å²) in [5.41, 5.74) is 1.38. The van der Waals surface area contributed by atoms with E-state index in [1.807, 2.05) is 22.7 Å². The van der Waals surface area contributed by atoms with Crippen molar-refractivity contribution in [3.8, 4) is 0 Å². The highest BCUT2D eigenvalue weighted by Gasteiger charge is 2.19. The van der Waals surface area contributed by atoms with Crippen molar-refractivity contribution >= 4 is 38.6 Å². The zero-order valence-corrected chi connectivity index (χ0v) is 13.4. The van der Waals surface area contributed by atoms with Gasteiger partial charge in [0.15, 0.2) is 0 Å². The van der Waals surface area contributed by atoms with Crippen LogP contribution in [0.5, 0.6) is 0 Å². The molecule has 0 aliphatic rings. The standard InChI is InChI=1S/C13H16BrNS2/c1-4-15-12(13-8(2)5-6-16-13)11-7-10(14)9(3)17-11/h5-7,12,15H,4H2,1-3H3. The fourth-order valence-corrected chi connectivity index (χ4v) is 4.57. The van der Waals surface area contributed by atoms with Crippen LogP contribution in [0.25, 0.3) is 0 Å². The van der Waals surface area contributed by atoms with E-state index < -0.39 is 0 Å². The maximum Gasteiger partial charge on any atom is 0.0767 e. The maximum absolute atomic E-state index is 3.60. The molecule has 2 aromatic rings. The topological polar surface area (TPSA) is 12.0 Å². The number of hydrogen-bond donors (Lipinski definition) is 1. The molecular formula is C13H16BrNS2. The minimum Gasteiger partial charge on any atom is -0.305 e. The molecule has 0 fully saturated rings. The molecule has 1 atom stereocenters. The average molecular weight is 330 g/mol. The van der Waals surface area contributed by atoms with Crippen LogP contribution in [0, 0.1) is 13.8 Å². The first-order valence-corrected chi connectivity index (χ1v) is 8.15. The summed E-state index contributed by atoms with van der Waals surface area (Å²) in [5.74, 6) is 0. The highest BCUT2D eigenvalue weighted by Crippen LogP contribution is 2.36. The molecule has 0 saturated heterocycles. The summed E-state index contributed by atoms with van der Waals surface area (Å²) in [6, 6.07) is 4.78. The van der Waals surface area contributed by atoms with Crippen molar-refractivity contribution in [3.63, 3.8) is 0 Å². The Kier molecular flexibility index (Phi) is 4.42. The summed E-state index contributed by atoms with van der Waals surface area (Å²) < 4.78 is 1.22. The van der Waals surface area contributed by atoms with Crippen LogP contribution in [-0.2, 0) is 0 Å². The van der Waals surface area contributed by atoms with E-state index in [4.69, 9.17) is 0 Å². The van der Waals surface area contributed by atoms with E-state index >= 15 is 0 Å². The van der Waals surface area contributed by atoms with Gasteiger partial charge in [0.2, 0.25) is 0 Å². The van der Waals surface area contributed by atoms with Gasteiger partial charge in [-0.15, -0.1) is 22.7 Å². The Bertz CT molecular complexity index is 482. The second-order valence-corrected chi connectivity index (χ2v) is 7.10. The predicted molar refractivity (Wildman–Crippen MR) is 81.3 cm³/mol. The van der Waals surface area contributed by atoms with E-state index in [0.717, 1.165) is 6.54 Å². The van der Waals surface area contributed by atoms with Crippen molar-refractivity contribution in [2.45, 2.75) is 26.8 Å². The normalized spacial score (nSPS) is 12.9. The first-order chi connectivity index (χ1) is 8.13. The third kappa shape index (κ3) is 2.81. The first-order valence-electron chi connectivity index (χ1n) is 5.66. The zero-order valence-electron chi connectivity index (χ0n) is 10.2. The van der Waals surface area contributed by atoms with E-state index in [2.05, 4.69) is 59.5 Å². The highest BCUT2D eigenvalue weighted by atomic mass is 79.9. The van der Waals surface area contributed by atoms with Gasteiger partial charge in [0.1, 0.15) is 0 Å². The van der Waals surface area contributed by atoms with Gasteiger partial charge in [0, 0.05) is 19.1 Å². The van der Waals surface area contributed by atoms with Gasteiger partial charge in [-0.2, -0.15) is 0 Å². The van der Waals surface area contributed by atoms with Crippen LogP contribution < -0.4 is 5.32 Å². The van der Waals surface area contributed by atoms with Crippen LogP contribution >= 0.6 is 38.6 Å². The van der Waals surface area contributed by atoms with Crippen LogP contribution in [0.4, 0.5) is 0 Å². The third-order valence-corrected chi connectivity index (χ3v) is 6.02. The van der Waals surface area contributed by atoms with Gasteiger partial charge in [-0.3, -0.25) is 0 Å². The summed E-state index contributed by atoms with van der Waals surface area (Å²) in [6.45, 7) is 7.48. The second kappa shape index (κ2) is 5.65. The average Bonchev–Trinajstić information content (AvgIpc) is 2.83. The summed E-state index contributed by atoms with van der Waals surface area (Å²) in [5, 5.41) is 5.75. The molecular weight excluding hydrogens is 314 g/mol. The molecule has 2 rings (SSSR count). The Morgan fingerprint density at radius 2 is 2.18 bits per heavy atom. The molecule has 1 nitrogen and oxygen atoms in total. The predicted octanol–water partition coefficient (Wildman–Crippen LogP) is 4.89. The number of halogens is 1. The van der Waals surface area contributed by atoms with E-state index in [9.17, 15) is 0 Å². The smallest absolute Gasteiger partial charge is 0.0767 e. The van der Waals surface area contributed by atoms with Gasteiger partial charge in [-0.1, -0.05) is 6.92 Å². The molecule has 17 heavy (non-hydrogen) atoms. The van der Waals surface area contributed by atoms with Crippen LogP contribution in [0.1, 0.15) is 33.2 Å². The van der Waals surface area contributed by atoms with Gasteiger partial charge in [-0.25, -0.2) is 0 Å². The molecule has 0 saturated carbocycles. The Balaban J connectivity index is 2.39. The fraction of sp³-hybridized carbons (Fsp3) is 0.385. The molecule has 2 aromatic heterocycles. The molecule has 0 radical (unpaired) electrons. The van der Waals surface area contributed by atoms with Crippen LogP contribution in [0.2, 0.25) is 0 Å². The molecule has 0 aliphatic carbocycles. The van der Waals surface area contributed by atoms with E-state index in [-0.39, 0.29) is 0 Å². The monoisotopic (exact) mass is 329 g/mol. The molecule has 92 valence electrons. The summed E-state index contributed by atoms with van der Waals surface area (Å²) >= 11 is 7.31. The molecule has 1 unspecified atom stereocenters. The number of nitrogens with one attached hydrogen (secondary N) is 1. The lowest BCUT2D eigenvalue weighted by Gasteiger charge is -2.16. The molecule has 1 N–H and O–H groups in total. The molecule has 0 bridgehead atoms. The van der Waals surface area contributed by atoms with E-state index in [1.165, 1.54) is 24.7 Å². The van der Waals surface area contributed by atoms with Crippen molar-refractivity contribution in [1.82, 2.24) is 5.32 Å². The summed E-state index contributed by atoms with van der Waals surface area (Å²) in [7, 11) is 0.